The Morgan fingerprint density at radius 3 is 2.90 bits per heavy atom. The lowest BCUT2D eigenvalue weighted by atomic mass is 10.1. The van der Waals surface area contributed by atoms with E-state index < -0.39 is 7.60 Å². The minimum absolute atomic E-state index is 0.0791. The average molecular weight is 160 g/mol. The molecule has 0 radical (unpaired) electrons. The summed E-state index contributed by atoms with van der Waals surface area (Å²) in [4.78, 5) is 8.91. The molecule has 0 spiro atoms. The average Bonchev–Trinajstić information content (AvgIpc) is 1.86. The maximum Gasteiger partial charge on any atom is 0.329 e. The standard InChI is InChI=1S/C6H9O3P/c1-2-6-3-4-9-10(7,8)5-6/h1,6H,3-5H2,(H,7,8). The van der Waals surface area contributed by atoms with E-state index >= 15 is 0 Å². The summed E-state index contributed by atoms with van der Waals surface area (Å²) in [6.07, 6.45) is 5.90. The number of hydrogen-bond acceptors (Lipinski definition) is 2. The first-order valence-corrected chi connectivity index (χ1v) is 4.83. The summed E-state index contributed by atoms with van der Waals surface area (Å²) in [5.74, 6) is 2.37. The van der Waals surface area contributed by atoms with E-state index in [0.717, 1.165) is 0 Å². The van der Waals surface area contributed by atoms with Crippen LogP contribution in [0.25, 0.3) is 0 Å². The molecule has 0 amide bonds. The highest BCUT2D eigenvalue weighted by Gasteiger charge is 2.28. The third-order valence-corrected chi connectivity index (χ3v) is 2.93. The van der Waals surface area contributed by atoms with E-state index in [0.29, 0.717) is 13.0 Å². The lowest BCUT2D eigenvalue weighted by Crippen LogP contribution is -2.15. The molecule has 4 heteroatoms. The van der Waals surface area contributed by atoms with Gasteiger partial charge in [-0.25, -0.2) is 0 Å². The van der Waals surface area contributed by atoms with Gasteiger partial charge in [0.15, 0.2) is 0 Å². The summed E-state index contributed by atoms with van der Waals surface area (Å²) < 4.78 is 15.5. The minimum atomic E-state index is -3.30. The van der Waals surface area contributed by atoms with Crippen LogP contribution in [-0.4, -0.2) is 17.7 Å². The molecule has 2 atom stereocenters. The molecule has 0 aliphatic carbocycles. The summed E-state index contributed by atoms with van der Waals surface area (Å²) in [5.41, 5.74) is 0. The van der Waals surface area contributed by atoms with Crippen molar-refractivity contribution in [2.75, 3.05) is 12.8 Å². The van der Waals surface area contributed by atoms with E-state index in [-0.39, 0.29) is 12.1 Å². The molecule has 0 aromatic heterocycles. The van der Waals surface area contributed by atoms with Crippen molar-refractivity contribution in [2.24, 2.45) is 5.92 Å². The van der Waals surface area contributed by atoms with E-state index in [4.69, 9.17) is 11.3 Å². The highest BCUT2D eigenvalue weighted by Crippen LogP contribution is 2.47. The molecule has 0 saturated carbocycles. The van der Waals surface area contributed by atoms with Gasteiger partial charge < -0.3 is 9.42 Å². The Labute approximate surface area is 59.9 Å². The minimum Gasteiger partial charge on any atom is -0.324 e. The van der Waals surface area contributed by atoms with Crippen molar-refractivity contribution in [2.45, 2.75) is 6.42 Å². The van der Waals surface area contributed by atoms with Gasteiger partial charge in [0, 0.05) is 5.92 Å². The molecule has 0 bridgehead atoms. The van der Waals surface area contributed by atoms with Crippen LogP contribution in [0.1, 0.15) is 6.42 Å². The second-order valence-corrected chi connectivity index (χ2v) is 4.20. The van der Waals surface area contributed by atoms with Crippen LogP contribution in [-0.2, 0) is 9.09 Å². The van der Waals surface area contributed by atoms with Gasteiger partial charge in [0.25, 0.3) is 0 Å². The zero-order valence-corrected chi connectivity index (χ0v) is 6.38. The maximum atomic E-state index is 10.8. The Morgan fingerprint density at radius 1 is 1.80 bits per heavy atom. The second kappa shape index (κ2) is 2.75. The molecule has 1 N–H and O–H groups in total. The summed E-state index contributed by atoms with van der Waals surface area (Å²) >= 11 is 0. The molecule has 1 aliphatic rings. The fourth-order valence-electron chi connectivity index (χ4n) is 0.896. The molecule has 1 saturated heterocycles. The van der Waals surface area contributed by atoms with Crippen LogP contribution >= 0.6 is 7.60 Å². The van der Waals surface area contributed by atoms with Crippen LogP contribution < -0.4 is 0 Å². The summed E-state index contributed by atoms with van der Waals surface area (Å²) in [5, 5.41) is 0. The highest BCUT2D eigenvalue weighted by atomic mass is 31.2. The van der Waals surface area contributed by atoms with Crippen LogP contribution in [0.4, 0.5) is 0 Å². The van der Waals surface area contributed by atoms with Crippen molar-refractivity contribution in [1.29, 1.82) is 0 Å². The van der Waals surface area contributed by atoms with Gasteiger partial charge in [-0.2, -0.15) is 0 Å². The lowest BCUT2D eigenvalue weighted by molar-refractivity contribution is 0.223. The summed E-state index contributed by atoms with van der Waals surface area (Å²) in [6.45, 7) is 0.308. The Kier molecular flexibility index (Phi) is 2.15. The predicted octanol–water partition coefficient (Wildman–Crippen LogP) is 0.841. The number of terminal acetylenes is 1. The molecular weight excluding hydrogens is 151 g/mol. The number of hydrogen-bond donors (Lipinski definition) is 1. The van der Waals surface area contributed by atoms with Crippen LogP contribution in [0.5, 0.6) is 0 Å². The van der Waals surface area contributed by atoms with Gasteiger partial charge in [-0.3, -0.25) is 4.57 Å². The predicted molar refractivity (Wildman–Crippen MR) is 37.6 cm³/mol. The van der Waals surface area contributed by atoms with Gasteiger partial charge >= 0.3 is 7.60 Å². The van der Waals surface area contributed by atoms with Crippen LogP contribution in [0.15, 0.2) is 0 Å². The first-order valence-electron chi connectivity index (χ1n) is 3.06. The molecule has 1 fully saturated rings. The van der Waals surface area contributed by atoms with E-state index in [9.17, 15) is 4.57 Å². The van der Waals surface area contributed by atoms with Crippen molar-refractivity contribution in [1.82, 2.24) is 0 Å². The third kappa shape index (κ3) is 1.85. The highest BCUT2D eigenvalue weighted by molar-refractivity contribution is 7.52. The first kappa shape index (κ1) is 7.81. The normalized spacial score (nSPS) is 40.6. The Bertz CT molecular complexity index is 206. The molecule has 10 heavy (non-hydrogen) atoms. The quantitative estimate of drug-likeness (QED) is 0.422. The maximum absolute atomic E-state index is 10.8. The number of rotatable bonds is 0. The molecule has 56 valence electrons. The zero-order valence-electron chi connectivity index (χ0n) is 5.49. The van der Waals surface area contributed by atoms with E-state index in [2.05, 4.69) is 10.4 Å². The SMILES string of the molecule is C#CC1CCOP(=O)(O)C1. The van der Waals surface area contributed by atoms with Crippen molar-refractivity contribution in [3.05, 3.63) is 0 Å². The van der Waals surface area contributed by atoms with Gasteiger partial charge in [0.05, 0.1) is 12.8 Å². The zero-order chi connectivity index (χ0) is 7.61. The van der Waals surface area contributed by atoms with Gasteiger partial charge in [0.1, 0.15) is 0 Å². The molecule has 3 nitrogen and oxygen atoms in total. The molecule has 2 unspecified atom stereocenters. The largest absolute Gasteiger partial charge is 0.329 e. The van der Waals surface area contributed by atoms with Crippen molar-refractivity contribution in [3.63, 3.8) is 0 Å². The second-order valence-electron chi connectivity index (χ2n) is 2.31. The van der Waals surface area contributed by atoms with E-state index in [1.165, 1.54) is 0 Å². The topological polar surface area (TPSA) is 46.5 Å². The third-order valence-electron chi connectivity index (χ3n) is 1.45. The first-order chi connectivity index (χ1) is 4.64. The van der Waals surface area contributed by atoms with Crippen LogP contribution in [0.3, 0.4) is 0 Å². The van der Waals surface area contributed by atoms with Crippen LogP contribution in [0, 0.1) is 18.3 Å². The monoisotopic (exact) mass is 160 g/mol. The molecule has 1 heterocycles. The molecular formula is C6H9O3P. The van der Waals surface area contributed by atoms with Crippen molar-refractivity contribution in [3.8, 4) is 12.3 Å². The van der Waals surface area contributed by atoms with Crippen molar-refractivity contribution < 1.29 is 14.0 Å². The van der Waals surface area contributed by atoms with E-state index in [1.807, 2.05) is 0 Å². The molecule has 0 aromatic rings. The summed E-state index contributed by atoms with van der Waals surface area (Å²) in [6, 6.07) is 0. The van der Waals surface area contributed by atoms with Gasteiger partial charge in [-0.15, -0.1) is 12.3 Å². The fraction of sp³-hybridized carbons (Fsp3) is 0.667. The van der Waals surface area contributed by atoms with E-state index in [1.54, 1.807) is 0 Å². The smallest absolute Gasteiger partial charge is 0.324 e. The molecule has 1 rings (SSSR count). The Hall–Kier alpha value is -0.290. The van der Waals surface area contributed by atoms with Crippen LogP contribution in [0.2, 0.25) is 0 Å². The van der Waals surface area contributed by atoms with Gasteiger partial charge in [-0.05, 0) is 6.42 Å². The Morgan fingerprint density at radius 2 is 2.50 bits per heavy atom. The van der Waals surface area contributed by atoms with Crippen molar-refractivity contribution >= 4 is 7.60 Å². The molecule has 1 aliphatic heterocycles. The van der Waals surface area contributed by atoms with Gasteiger partial charge in [0.2, 0.25) is 0 Å². The summed E-state index contributed by atoms with van der Waals surface area (Å²) in [7, 11) is -3.30. The molecule has 0 aromatic carbocycles. The lowest BCUT2D eigenvalue weighted by Gasteiger charge is -2.21. The Balaban J connectivity index is 2.58. The fourth-order valence-corrected chi connectivity index (χ4v) is 2.24. The van der Waals surface area contributed by atoms with Gasteiger partial charge in [-0.1, -0.05) is 0 Å².